The lowest BCUT2D eigenvalue weighted by molar-refractivity contribution is 0.601. The number of fused-ring (bicyclic) bond motifs is 1. The van der Waals surface area contributed by atoms with Gasteiger partial charge in [-0.15, -0.1) is 0 Å². The van der Waals surface area contributed by atoms with Crippen molar-refractivity contribution in [2.24, 2.45) is 4.99 Å². The Balaban J connectivity index is 1.88. The van der Waals surface area contributed by atoms with E-state index in [0.29, 0.717) is 0 Å². The zero-order chi connectivity index (χ0) is 15.9. The van der Waals surface area contributed by atoms with Crippen LogP contribution in [0.3, 0.4) is 0 Å². The van der Waals surface area contributed by atoms with Gasteiger partial charge in [-0.2, -0.15) is 0 Å². The topological polar surface area (TPSA) is 49.7 Å². The first-order valence-electron chi connectivity index (χ1n) is 7.69. The fourth-order valence-electron chi connectivity index (χ4n) is 2.92. The SMILES string of the molecule is CCCN(C1=N[C@@H]2CS(=O)(=O)C[C@H]2S1)c1ccc(C)c(C)c1. The number of sulfone groups is 1. The van der Waals surface area contributed by atoms with Crippen molar-refractivity contribution < 1.29 is 8.42 Å². The summed E-state index contributed by atoms with van der Waals surface area (Å²) in [6.45, 7) is 7.29. The average Bonchev–Trinajstić information content (AvgIpc) is 2.92. The molecule has 0 N–H and O–H groups in total. The van der Waals surface area contributed by atoms with Crippen LogP contribution in [-0.2, 0) is 9.84 Å². The normalized spacial score (nSPS) is 25.9. The van der Waals surface area contributed by atoms with Crippen LogP contribution in [0.25, 0.3) is 0 Å². The minimum Gasteiger partial charge on any atom is -0.321 e. The third kappa shape index (κ3) is 3.04. The van der Waals surface area contributed by atoms with Gasteiger partial charge in [-0.05, 0) is 43.5 Å². The number of hydrogen-bond acceptors (Lipinski definition) is 5. The van der Waals surface area contributed by atoms with Crippen LogP contribution in [0.5, 0.6) is 0 Å². The van der Waals surface area contributed by atoms with Gasteiger partial charge in [-0.25, -0.2) is 8.42 Å². The van der Waals surface area contributed by atoms with Gasteiger partial charge in [-0.1, -0.05) is 24.8 Å². The standard InChI is InChI=1S/C16H22N2O2S2/c1-4-7-18(13-6-5-11(2)12(3)8-13)16-17-14-9-22(19,20)10-15(14)21-16/h5-6,8,14-15H,4,7,9-10H2,1-3H3/t14-,15-/m1/s1. The number of nitrogens with zero attached hydrogens (tertiary/aromatic N) is 2. The van der Waals surface area contributed by atoms with E-state index < -0.39 is 9.84 Å². The van der Waals surface area contributed by atoms with Crippen molar-refractivity contribution in [1.82, 2.24) is 0 Å². The molecule has 1 aromatic carbocycles. The van der Waals surface area contributed by atoms with Crippen molar-refractivity contribution in [1.29, 1.82) is 0 Å². The van der Waals surface area contributed by atoms with Gasteiger partial charge in [0.05, 0.1) is 17.5 Å². The number of hydrogen-bond donors (Lipinski definition) is 0. The van der Waals surface area contributed by atoms with Crippen LogP contribution >= 0.6 is 11.8 Å². The Morgan fingerprint density at radius 3 is 2.68 bits per heavy atom. The molecule has 0 unspecified atom stereocenters. The second-order valence-corrected chi connectivity index (χ2v) is 9.49. The highest BCUT2D eigenvalue weighted by Crippen LogP contribution is 2.37. The molecule has 0 aliphatic carbocycles. The molecule has 22 heavy (non-hydrogen) atoms. The quantitative estimate of drug-likeness (QED) is 0.850. The van der Waals surface area contributed by atoms with Gasteiger partial charge in [0.1, 0.15) is 0 Å². The van der Waals surface area contributed by atoms with Gasteiger partial charge in [0.15, 0.2) is 15.0 Å². The third-order valence-electron chi connectivity index (χ3n) is 4.29. The first-order chi connectivity index (χ1) is 10.4. The third-order valence-corrected chi connectivity index (χ3v) is 7.53. The van der Waals surface area contributed by atoms with Crippen molar-refractivity contribution in [3.05, 3.63) is 29.3 Å². The van der Waals surface area contributed by atoms with Gasteiger partial charge in [0.25, 0.3) is 0 Å². The first kappa shape index (κ1) is 15.9. The molecular weight excluding hydrogens is 316 g/mol. The number of anilines is 1. The Morgan fingerprint density at radius 1 is 1.27 bits per heavy atom. The second-order valence-electron chi connectivity index (χ2n) is 6.13. The Bertz CT molecular complexity index is 713. The van der Waals surface area contributed by atoms with Crippen molar-refractivity contribution >= 4 is 32.5 Å². The van der Waals surface area contributed by atoms with Crippen LogP contribution in [-0.4, -0.2) is 42.9 Å². The van der Waals surface area contributed by atoms with E-state index in [1.54, 1.807) is 11.8 Å². The van der Waals surface area contributed by atoms with Crippen LogP contribution in [0, 0.1) is 13.8 Å². The fraction of sp³-hybridized carbons (Fsp3) is 0.562. The van der Waals surface area contributed by atoms with Crippen LogP contribution in [0.1, 0.15) is 24.5 Å². The molecule has 0 spiro atoms. The van der Waals surface area contributed by atoms with E-state index in [1.165, 1.54) is 11.1 Å². The van der Waals surface area contributed by atoms with Gasteiger partial charge in [0.2, 0.25) is 0 Å². The molecule has 0 saturated carbocycles. The zero-order valence-electron chi connectivity index (χ0n) is 13.2. The van der Waals surface area contributed by atoms with E-state index in [4.69, 9.17) is 4.99 Å². The molecule has 2 aliphatic rings. The van der Waals surface area contributed by atoms with Gasteiger partial charge < -0.3 is 4.90 Å². The molecule has 0 radical (unpaired) electrons. The van der Waals surface area contributed by atoms with Crippen LogP contribution in [0.15, 0.2) is 23.2 Å². The number of benzene rings is 1. The predicted molar refractivity (Wildman–Crippen MR) is 94.8 cm³/mol. The maximum Gasteiger partial charge on any atom is 0.164 e. The van der Waals surface area contributed by atoms with Crippen molar-refractivity contribution in [2.75, 3.05) is 23.0 Å². The highest BCUT2D eigenvalue weighted by molar-refractivity contribution is 8.15. The van der Waals surface area contributed by atoms with Crippen LogP contribution < -0.4 is 4.90 Å². The summed E-state index contributed by atoms with van der Waals surface area (Å²) in [5.74, 6) is 0.475. The van der Waals surface area contributed by atoms with Crippen molar-refractivity contribution in [3.63, 3.8) is 0 Å². The molecule has 3 rings (SSSR count). The zero-order valence-corrected chi connectivity index (χ0v) is 14.9. The molecule has 1 saturated heterocycles. The second kappa shape index (κ2) is 5.89. The number of aryl methyl sites for hydroxylation is 2. The van der Waals surface area contributed by atoms with Crippen LogP contribution in [0.4, 0.5) is 5.69 Å². The number of thioether (sulfide) groups is 1. The molecule has 0 bridgehead atoms. The summed E-state index contributed by atoms with van der Waals surface area (Å²) in [6, 6.07) is 6.40. The van der Waals surface area contributed by atoms with Gasteiger partial charge in [0, 0.05) is 17.5 Å². The lowest BCUT2D eigenvalue weighted by Gasteiger charge is -2.24. The summed E-state index contributed by atoms with van der Waals surface area (Å²) in [5, 5.41) is 1.08. The summed E-state index contributed by atoms with van der Waals surface area (Å²) in [7, 11) is -2.89. The maximum atomic E-state index is 11.7. The molecular formula is C16H22N2O2S2. The van der Waals surface area contributed by atoms with Crippen molar-refractivity contribution in [3.8, 4) is 0 Å². The number of aliphatic imine (C=N–C) groups is 1. The molecule has 0 amide bonds. The average molecular weight is 338 g/mol. The molecule has 120 valence electrons. The van der Waals surface area contributed by atoms with E-state index >= 15 is 0 Å². The van der Waals surface area contributed by atoms with Crippen LogP contribution in [0.2, 0.25) is 0 Å². The molecule has 1 aromatic rings. The minimum atomic E-state index is -2.89. The molecule has 4 nitrogen and oxygen atoms in total. The highest BCUT2D eigenvalue weighted by atomic mass is 32.2. The van der Waals surface area contributed by atoms with E-state index in [0.717, 1.165) is 23.8 Å². The molecule has 0 aromatic heterocycles. The summed E-state index contributed by atoms with van der Waals surface area (Å²) < 4.78 is 23.4. The van der Waals surface area contributed by atoms with E-state index in [9.17, 15) is 8.42 Å². The Kier molecular flexibility index (Phi) is 4.25. The highest BCUT2D eigenvalue weighted by Gasteiger charge is 2.43. The van der Waals surface area contributed by atoms with Gasteiger partial charge >= 0.3 is 0 Å². The Morgan fingerprint density at radius 2 is 2.05 bits per heavy atom. The Hall–Kier alpha value is -1.01. The van der Waals surface area contributed by atoms with Crippen molar-refractivity contribution in [2.45, 2.75) is 38.5 Å². The largest absolute Gasteiger partial charge is 0.321 e. The number of amidine groups is 1. The van der Waals surface area contributed by atoms with E-state index in [2.05, 4.69) is 43.9 Å². The summed E-state index contributed by atoms with van der Waals surface area (Å²) in [6.07, 6.45) is 1.03. The smallest absolute Gasteiger partial charge is 0.164 e. The fourth-order valence-corrected chi connectivity index (χ4v) is 6.73. The molecule has 1 fully saturated rings. The predicted octanol–water partition coefficient (Wildman–Crippen LogP) is 2.79. The lowest BCUT2D eigenvalue weighted by atomic mass is 10.1. The summed E-state index contributed by atoms with van der Waals surface area (Å²) >= 11 is 1.63. The molecule has 2 heterocycles. The summed E-state index contributed by atoms with van der Waals surface area (Å²) in [5.41, 5.74) is 3.70. The lowest BCUT2D eigenvalue weighted by Crippen LogP contribution is -2.29. The van der Waals surface area contributed by atoms with E-state index in [-0.39, 0.29) is 22.8 Å². The molecule has 6 heteroatoms. The molecule has 2 aliphatic heterocycles. The monoisotopic (exact) mass is 338 g/mol. The number of rotatable bonds is 3. The maximum absolute atomic E-state index is 11.7. The first-order valence-corrected chi connectivity index (χ1v) is 10.4. The van der Waals surface area contributed by atoms with E-state index in [1.807, 2.05) is 0 Å². The summed E-state index contributed by atoms with van der Waals surface area (Å²) in [4.78, 5) is 6.96. The molecule has 2 atom stereocenters. The van der Waals surface area contributed by atoms with Gasteiger partial charge in [-0.3, -0.25) is 4.99 Å². The minimum absolute atomic E-state index is 0.0594. The Labute approximate surface area is 136 Å².